The van der Waals surface area contributed by atoms with Crippen molar-refractivity contribution >= 4 is 33.7 Å². The molecule has 1 N–H and O–H groups in total. The molecular weight excluding hydrogens is 338 g/mol. The fourth-order valence-corrected chi connectivity index (χ4v) is 3.63. The van der Waals surface area contributed by atoms with E-state index in [2.05, 4.69) is 10.3 Å². The largest absolute Gasteiger partial charge is 0.297 e. The molecule has 3 aromatic rings. The maximum absolute atomic E-state index is 13.8. The number of thiophene rings is 1. The number of thiazole rings is 1. The van der Waals surface area contributed by atoms with Crippen molar-refractivity contribution in [2.24, 2.45) is 0 Å². The molecule has 7 heteroatoms. The Morgan fingerprint density at radius 1 is 1.22 bits per heavy atom. The van der Waals surface area contributed by atoms with Crippen LogP contribution in [0.3, 0.4) is 0 Å². The zero-order valence-corrected chi connectivity index (χ0v) is 13.9. The van der Waals surface area contributed by atoms with Crippen LogP contribution in [0.15, 0.2) is 29.6 Å². The van der Waals surface area contributed by atoms with Gasteiger partial charge in [0.2, 0.25) is 0 Å². The van der Waals surface area contributed by atoms with Crippen LogP contribution in [0.5, 0.6) is 0 Å². The molecule has 2 heterocycles. The third-order valence-corrected chi connectivity index (χ3v) is 5.23. The molecule has 1 aromatic carbocycles. The van der Waals surface area contributed by atoms with Crippen molar-refractivity contribution in [1.29, 1.82) is 0 Å². The highest BCUT2D eigenvalue weighted by atomic mass is 32.1. The molecule has 0 aliphatic carbocycles. The molecule has 118 valence electrons. The van der Waals surface area contributed by atoms with Crippen LogP contribution in [-0.4, -0.2) is 10.9 Å². The van der Waals surface area contributed by atoms with Gasteiger partial charge in [0.1, 0.15) is 11.6 Å². The molecule has 0 fully saturated rings. The van der Waals surface area contributed by atoms with Crippen LogP contribution >= 0.6 is 22.7 Å². The van der Waals surface area contributed by atoms with Gasteiger partial charge in [0.15, 0.2) is 5.13 Å². The Hall–Kier alpha value is -2.12. The minimum atomic E-state index is -0.556. The van der Waals surface area contributed by atoms with Gasteiger partial charge in [-0.15, -0.1) is 22.7 Å². The Morgan fingerprint density at radius 3 is 2.70 bits per heavy atom. The number of aromatic nitrogens is 1. The number of nitrogens with zero attached hydrogens (tertiary/aromatic N) is 1. The number of anilines is 1. The van der Waals surface area contributed by atoms with Crippen molar-refractivity contribution in [3.8, 4) is 11.3 Å². The molecule has 0 radical (unpaired) electrons. The van der Waals surface area contributed by atoms with E-state index >= 15 is 0 Å². The summed E-state index contributed by atoms with van der Waals surface area (Å²) in [6.07, 6.45) is 0. The summed E-state index contributed by atoms with van der Waals surface area (Å²) in [6.45, 7) is 3.89. The summed E-state index contributed by atoms with van der Waals surface area (Å²) < 4.78 is 27.0. The van der Waals surface area contributed by atoms with Crippen molar-refractivity contribution in [2.75, 3.05) is 5.32 Å². The summed E-state index contributed by atoms with van der Waals surface area (Å²) in [5.74, 6) is -1.35. The van der Waals surface area contributed by atoms with Crippen LogP contribution in [-0.2, 0) is 0 Å². The molecule has 0 saturated heterocycles. The van der Waals surface area contributed by atoms with Crippen LogP contribution < -0.4 is 5.32 Å². The summed E-state index contributed by atoms with van der Waals surface area (Å²) in [5.41, 5.74) is 1.42. The topological polar surface area (TPSA) is 42.0 Å². The number of aryl methyl sites for hydroxylation is 2. The lowest BCUT2D eigenvalue weighted by Gasteiger charge is -2.00. The maximum atomic E-state index is 13.8. The minimum Gasteiger partial charge on any atom is -0.297 e. The molecule has 0 saturated carbocycles. The first-order valence-electron chi connectivity index (χ1n) is 6.73. The number of carbonyl (C=O) groups excluding carboxylic acids is 1. The van der Waals surface area contributed by atoms with E-state index < -0.39 is 11.6 Å². The molecule has 0 aliphatic rings. The van der Waals surface area contributed by atoms with Crippen LogP contribution in [0.2, 0.25) is 0 Å². The third kappa shape index (κ3) is 3.30. The number of carbonyl (C=O) groups is 1. The molecule has 2 aromatic heterocycles. The molecular formula is C16H12F2N2OS2. The molecule has 0 spiro atoms. The summed E-state index contributed by atoms with van der Waals surface area (Å²) >= 11 is 2.57. The van der Waals surface area contributed by atoms with Crippen LogP contribution in [0.1, 0.15) is 20.1 Å². The van der Waals surface area contributed by atoms with E-state index in [1.54, 1.807) is 5.38 Å². The lowest BCUT2D eigenvalue weighted by Crippen LogP contribution is -2.09. The highest BCUT2D eigenvalue weighted by molar-refractivity contribution is 7.15. The summed E-state index contributed by atoms with van der Waals surface area (Å²) in [5, 5.41) is 4.61. The SMILES string of the molecule is Cc1cc(C(=O)Nc2nc(-c3cc(F)ccc3F)cs2)sc1C. The van der Waals surface area contributed by atoms with Gasteiger partial charge in [-0.3, -0.25) is 10.1 Å². The van der Waals surface area contributed by atoms with Gasteiger partial charge in [0.25, 0.3) is 5.91 Å². The summed E-state index contributed by atoms with van der Waals surface area (Å²) in [4.78, 5) is 18.0. The number of hydrogen-bond donors (Lipinski definition) is 1. The second kappa shape index (κ2) is 6.17. The summed E-state index contributed by atoms with van der Waals surface area (Å²) in [6, 6.07) is 5.01. The van der Waals surface area contributed by atoms with E-state index in [0.717, 1.165) is 28.6 Å². The lowest BCUT2D eigenvalue weighted by atomic mass is 10.1. The molecule has 1 amide bonds. The predicted octanol–water partition coefficient (Wildman–Crippen LogP) is 5.02. The van der Waals surface area contributed by atoms with Crippen molar-refractivity contribution in [2.45, 2.75) is 13.8 Å². The molecule has 0 aliphatic heterocycles. The first-order valence-corrected chi connectivity index (χ1v) is 8.43. The smallest absolute Gasteiger partial charge is 0.267 e. The van der Waals surface area contributed by atoms with E-state index in [-0.39, 0.29) is 11.5 Å². The molecule has 3 rings (SSSR count). The highest BCUT2D eigenvalue weighted by Gasteiger charge is 2.15. The summed E-state index contributed by atoms with van der Waals surface area (Å²) in [7, 11) is 0. The Labute approximate surface area is 139 Å². The Morgan fingerprint density at radius 2 is 2.00 bits per heavy atom. The Kier molecular flexibility index (Phi) is 4.23. The van der Waals surface area contributed by atoms with Crippen molar-refractivity contribution in [3.63, 3.8) is 0 Å². The third-order valence-electron chi connectivity index (χ3n) is 3.32. The number of halogens is 2. The predicted molar refractivity (Wildman–Crippen MR) is 89.2 cm³/mol. The average Bonchev–Trinajstić information content (AvgIpc) is 3.09. The monoisotopic (exact) mass is 350 g/mol. The lowest BCUT2D eigenvalue weighted by molar-refractivity contribution is 0.103. The molecule has 3 nitrogen and oxygen atoms in total. The highest BCUT2D eigenvalue weighted by Crippen LogP contribution is 2.28. The fraction of sp³-hybridized carbons (Fsp3) is 0.125. The van der Waals surface area contributed by atoms with E-state index in [1.165, 1.54) is 22.7 Å². The average molecular weight is 350 g/mol. The fourth-order valence-electron chi connectivity index (χ4n) is 1.99. The zero-order chi connectivity index (χ0) is 16.6. The first kappa shape index (κ1) is 15.8. The van der Waals surface area contributed by atoms with Crippen LogP contribution in [0, 0.1) is 25.5 Å². The van der Waals surface area contributed by atoms with Gasteiger partial charge in [0, 0.05) is 15.8 Å². The van der Waals surface area contributed by atoms with Crippen LogP contribution in [0.4, 0.5) is 13.9 Å². The van der Waals surface area contributed by atoms with Gasteiger partial charge in [-0.25, -0.2) is 13.8 Å². The molecule has 0 bridgehead atoms. The van der Waals surface area contributed by atoms with Gasteiger partial charge < -0.3 is 0 Å². The normalized spacial score (nSPS) is 10.8. The second-order valence-electron chi connectivity index (χ2n) is 4.97. The second-order valence-corrected chi connectivity index (χ2v) is 7.08. The number of rotatable bonds is 3. The number of hydrogen-bond acceptors (Lipinski definition) is 4. The van der Waals surface area contributed by atoms with Crippen molar-refractivity contribution in [1.82, 2.24) is 4.98 Å². The van der Waals surface area contributed by atoms with Crippen LogP contribution in [0.25, 0.3) is 11.3 Å². The van der Waals surface area contributed by atoms with E-state index in [9.17, 15) is 13.6 Å². The number of benzene rings is 1. The molecule has 23 heavy (non-hydrogen) atoms. The van der Waals surface area contributed by atoms with Crippen molar-refractivity contribution in [3.05, 3.63) is 56.6 Å². The maximum Gasteiger partial charge on any atom is 0.267 e. The van der Waals surface area contributed by atoms with E-state index in [0.29, 0.717) is 15.7 Å². The van der Waals surface area contributed by atoms with Gasteiger partial charge in [-0.05, 0) is 43.7 Å². The van der Waals surface area contributed by atoms with Gasteiger partial charge in [-0.2, -0.15) is 0 Å². The molecule has 0 unspecified atom stereocenters. The zero-order valence-electron chi connectivity index (χ0n) is 12.3. The Bertz CT molecular complexity index is 867. The van der Waals surface area contributed by atoms with E-state index in [1.807, 2.05) is 19.9 Å². The van der Waals surface area contributed by atoms with Crippen molar-refractivity contribution < 1.29 is 13.6 Å². The van der Waals surface area contributed by atoms with Gasteiger partial charge in [0.05, 0.1) is 10.6 Å². The Balaban J connectivity index is 1.82. The molecule has 0 atom stereocenters. The van der Waals surface area contributed by atoms with E-state index in [4.69, 9.17) is 0 Å². The quantitative estimate of drug-likeness (QED) is 0.721. The minimum absolute atomic E-state index is 0.0737. The standard InChI is InChI=1S/C16H12F2N2OS2/c1-8-5-14(23-9(8)2)15(21)20-16-19-13(7-22-16)11-6-10(17)3-4-12(11)18/h3-7H,1-2H3,(H,19,20,21). The number of nitrogens with one attached hydrogen (secondary N) is 1. The number of amides is 1. The van der Waals surface area contributed by atoms with Gasteiger partial charge in [-0.1, -0.05) is 0 Å². The first-order chi connectivity index (χ1) is 10.9. The van der Waals surface area contributed by atoms with Gasteiger partial charge >= 0.3 is 0 Å².